The number of methoxy groups -OCH3 is 1. The molecular weight excluding hydrogens is 216 g/mol. The average Bonchev–Trinajstić information content (AvgIpc) is 2.68. The van der Waals surface area contributed by atoms with E-state index in [1.54, 1.807) is 13.4 Å². The molecule has 0 saturated carbocycles. The minimum Gasteiger partial charge on any atom is -0.474 e. The van der Waals surface area contributed by atoms with Crippen LogP contribution in [0.2, 0.25) is 11.6 Å². The maximum atomic E-state index is 5.70. The molecule has 1 unspecified atom stereocenters. The molecule has 0 radical (unpaired) electrons. The van der Waals surface area contributed by atoms with Crippen LogP contribution in [0, 0.1) is 5.92 Å². The van der Waals surface area contributed by atoms with Crippen LogP contribution < -0.4 is 5.38 Å². The van der Waals surface area contributed by atoms with Crippen molar-refractivity contribution in [2.24, 2.45) is 5.92 Å². The van der Waals surface area contributed by atoms with Crippen LogP contribution in [0.3, 0.4) is 0 Å². The van der Waals surface area contributed by atoms with E-state index in [0.717, 1.165) is 6.23 Å². The molecule has 1 atom stereocenters. The average molecular weight is 240 g/mol. The highest BCUT2D eigenvalue weighted by molar-refractivity contribution is 6.92. The van der Waals surface area contributed by atoms with Crippen molar-refractivity contribution in [1.82, 2.24) is 0 Å². The zero-order valence-electron chi connectivity index (χ0n) is 11.1. The SMILES string of the molecule is COC[Si](CC(C)C)(c1ccco1)C(C)C. The van der Waals surface area contributed by atoms with Crippen LogP contribution in [0.25, 0.3) is 0 Å². The van der Waals surface area contributed by atoms with Gasteiger partial charge in [0.15, 0.2) is 8.07 Å². The molecule has 2 nitrogen and oxygen atoms in total. The van der Waals surface area contributed by atoms with Crippen LogP contribution in [0.5, 0.6) is 0 Å². The van der Waals surface area contributed by atoms with E-state index >= 15 is 0 Å². The monoisotopic (exact) mass is 240 g/mol. The maximum absolute atomic E-state index is 5.70. The minimum absolute atomic E-state index is 0.640. The van der Waals surface area contributed by atoms with Crippen molar-refractivity contribution in [3.63, 3.8) is 0 Å². The summed E-state index contributed by atoms with van der Waals surface area (Å²) in [6.07, 6.45) is 2.64. The Morgan fingerprint density at radius 2 is 2.00 bits per heavy atom. The first-order valence-electron chi connectivity index (χ1n) is 6.06. The standard InChI is InChI=1S/C13H24O2Si/c1-11(2)9-16(10-14-5,12(3)4)13-7-6-8-15-13/h6-8,11-12H,9-10H2,1-5H3. The normalized spacial score (nSPS) is 15.7. The lowest BCUT2D eigenvalue weighted by molar-refractivity contribution is 0.243. The lowest BCUT2D eigenvalue weighted by Crippen LogP contribution is -2.55. The highest BCUT2D eigenvalue weighted by Crippen LogP contribution is 2.29. The summed E-state index contributed by atoms with van der Waals surface area (Å²) in [4.78, 5) is 0. The third-order valence-corrected chi connectivity index (χ3v) is 9.12. The van der Waals surface area contributed by atoms with Crippen molar-refractivity contribution < 1.29 is 9.15 Å². The molecule has 1 rings (SSSR count). The highest BCUT2D eigenvalue weighted by atomic mass is 28.3. The maximum Gasteiger partial charge on any atom is 0.162 e. The molecule has 0 aliphatic carbocycles. The zero-order valence-corrected chi connectivity index (χ0v) is 12.1. The molecule has 0 bridgehead atoms. The van der Waals surface area contributed by atoms with Crippen molar-refractivity contribution in [3.05, 3.63) is 18.4 Å². The number of hydrogen-bond donors (Lipinski definition) is 0. The quantitative estimate of drug-likeness (QED) is 0.713. The van der Waals surface area contributed by atoms with Gasteiger partial charge in [0.05, 0.1) is 11.6 Å². The zero-order chi connectivity index (χ0) is 12.2. The summed E-state index contributed by atoms with van der Waals surface area (Å²) in [5, 5.41) is 1.19. The Labute approximate surface area is 100 Å². The number of rotatable bonds is 6. The lowest BCUT2D eigenvalue weighted by atomic mass is 10.3. The summed E-state index contributed by atoms with van der Waals surface area (Å²) in [5.41, 5.74) is 0.640. The Morgan fingerprint density at radius 1 is 1.31 bits per heavy atom. The van der Waals surface area contributed by atoms with Gasteiger partial charge in [-0.3, -0.25) is 0 Å². The predicted molar refractivity (Wildman–Crippen MR) is 70.7 cm³/mol. The number of ether oxygens (including phenoxy) is 1. The second kappa shape index (κ2) is 5.69. The molecule has 0 spiro atoms. The molecule has 92 valence electrons. The Bertz CT molecular complexity index is 293. The van der Waals surface area contributed by atoms with Gasteiger partial charge in [0.1, 0.15) is 0 Å². The first kappa shape index (κ1) is 13.5. The molecule has 0 aromatic carbocycles. The van der Waals surface area contributed by atoms with Crippen molar-refractivity contribution in [1.29, 1.82) is 0 Å². The summed E-state index contributed by atoms with van der Waals surface area (Å²) >= 11 is 0. The van der Waals surface area contributed by atoms with Gasteiger partial charge in [0.25, 0.3) is 0 Å². The topological polar surface area (TPSA) is 22.4 Å². The smallest absolute Gasteiger partial charge is 0.162 e. The molecule has 0 N–H and O–H groups in total. The molecule has 0 aliphatic rings. The van der Waals surface area contributed by atoms with Gasteiger partial charge in [-0.1, -0.05) is 27.7 Å². The minimum atomic E-state index is -1.65. The van der Waals surface area contributed by atoms with Crippen LogP contribution in [-0.2, 0) is 4.74 Å². The number of hydrogen-bond acceptors (Lipinski definition) is 2. The fourth-order valence-corrected chi connectivity index (χ4v) is 7.00. The molecule has 0 aliphatic heterocycles. The second-order valence-electron chi connectivity index (χ2n) is 5.32. The Balaban J connectivity index is 3.06. The van der Waals surface area contributed by atoms with Gasteiger partial charge in [0.2, 0.25) is 0 Å². The predicted octanol–water partition coefficient (Wildman–Crippen LogP) is 3.19. The molecule has 1 heterocycles. The van der Waals surface area contributed by atoms with Gasteiger partial charge in [0, 0.05) is 13.3 Å². The first-order chi connectivity index (χ1) is 7.53. The molecule has 0 fully saturated rings. The van der Waals surface area contributed by atoms with E-state index < -0.39 is 8.07 Å². The van der Waals surface area contributed by atoms with Gasteiger partial charge in [-0.2, -0.15) is 0 Å². The summed E-state index contributed by atoms with van der Waals surface area (Å²) < 4.78 is 11.2. The van der Waals surface area contributed by atoms with Gasteiger partial charge in [-0.05, 0) is 29.6 Å². The fourth-order valence-electron chi connectivity index (χ4n) is 2.47. The Kier molecular flexibility index (Phi) is 4.81. The third kappa shape index (κ3) is 2.77. The largest absolute Gasteiger partial charge is 0.474 e. The molecule has 0 saturated heterocycles. The van der Waals surface area contributed by atoms with Crippen LogP contribution in [0.15, 0.2) is 22.8 Å². The van der Waals surface area contributed by atoms with Crippen LogP contribution >= 0.6 is 0 Å². The summed E-state index contributed by atoms with van der Waals surface area (Å²) in [7, 11) is 0.150. The van der Waals surface area contributed by atoms with E-state index in [4.69, 9.17) is 9.15 Å². The van der Waals surface area contributed by atoms with Crippen molar-refractivity contribution in [2.75, 3.05) is 13.3 Å². The van der Waals surface area contributed by atoms with Crippen molar-refractivity contribution >= 4 is 13.5 Å². The molecular formula is C13H24O2Si. The van der Waals surface area contributed by atoms with E-state index in [1.165, 1.54) is 11.4 Å². The molecule has 3 heteroatoms. The Hall–Kier alpha value is -0.543. The summed E-state index contributed by atoms with van der Waals surface area (Å²) in [6.45, 7) is 9.16. The van der Waals surface area contributed by atoms with Crippen LogP contribution in [-0.4, -0.2) is 21.4 Å². The van der Waals surface area contributed by atoms with Gasteiger partial charge < -0.3 is 9.15 Å². The van der Waals surface area contributed by atoms with E-state index in [1.807, 2.05) is 6.07 Å². The highest BCUT2D eigenvalue weighted by Gasteiger charge is 2.42. The fraction of sp³-hybridized carbons (Fsp3) is 0.692. The van der Waals surface area contributed by atoms with Crippen molar-refractivity contribution in [2.45, 2.75) is 39.3 Å². The van der Waals surface area contributed by atoms with Gasteiger partial charge in [-0.25, -0.2) is 0 Å². The van der Waals surface area contributed by atoms with E-state index in [2.05, 4.69) is 33.8 Å². The number of furan rings is 1. The summed E-state index contributed by atoms with van der Waals surface area (Å²) in [6, 6.07) is 5.36. The van der Waals surface area contributed by atoms with Crippen LogP contribution in [0.4, 0.5) is 0 Å². The van der Waals surface area contributed by atoms with E-state index in [-0.39, 0.29) is 0 Å². The molecule has 16 heavy (non-hydrogen) atoms. The molecule has 1 aromatic rings. The van der Waals surface area contributed by atoms with E-state index in [9.17, 15) is 0 Å². The third-order valence-electron chi connectivity index (χ3n) is 3.29. The van der Waals surface area contributed by atoms with Gasteiger partial charge >= 0.3 is 0 Å². The first-order valence-corrected chi connectivity index (χ1v) is 8.55. The molecule has 1 aromatic heterocycles. The van der Waals surface area contributed by atoms with Crippen LogP contribution in [0.1, 0.15) is 27.7 Å². The van der Waals surface area contributed by atoms with Crippen molar-refractivity contribution in [3.8, 4) is 0 Å². The Morgan fingerprint density at radius 3 is 2.38 bits per heavy atom. The van der Waals surface area contributed by atoms with Gasteiger partial charge in [-0.15, -0.1) is 0 Å². The van der Waals surface area contributed by atoms with E-state index in [0.29, 0.717) is 11.5 Å². The molecule has 0 amide bonds. The summed E-state index contributed by atoms with van der Waals surface area (Å²) in [5.74, 6) is 0.689. The lowest BCUT2D eigenvalue weighted by Gasteiger charge is -2.34. The second-order valence-corrected chi connectivity index (χ2v) is 9.98.